The molecule has 0 bridgehead atoms. The van der Waals surface area contributed by atoms with Gasteiger partial charge in [0.25, 0.3) is 0 Å². The number of rotatable bonds is 5. The maximum absolute atomic E-state index is 12.6. The van der Waals surface area contributed by atoms with Gasteiger partial charge >= 0.3 is 6.18 Å². The molecule has 7 nitrogen and oxygen atoms in total. The SMILES string of the molecule is CN=C(NCc1ccnc(-n2cccn2)c1)NCc1nc(C(F)(F)F)cs1.I. The van der Waals surface area contributed by atoms with Gasteiger partial charge in [0.15, 0.2) is 17.5 Å². The van der Waals surface area contributed by atoms with E-state index in [9.17, 15) is 13.2 Å². The fraction of sp³-hybridized carbons (Fsp3) is 0.250. The molecule has 0 fully saturated rings. The second kappa shape index (κ2) is 9.82. The smallest absolute Gasteiger partial charge is 0.352 e. The number of aromatic nitrogens is 4. The number of thiazole rings is 1. The quantitative estimate of drug-likeness (QED) is 0.305. The predicted octanol–water partition coefficient (Wildman–Crippen LogP) is 3.23. The number of aliphatic imine (C=N–C) groups is 1. The van der Waals surface area contributed by atoms with Crippen LogP contribution in [0.2, 0.25) is 0 Å². The third kappa shape index (κ3) is 5.89. The van der Waals surface area contributed by atoms with Gasteiger partial charge in [-0.1, -0.05) is 0 Å². The molecule has 3 heterocycles. The van der Waals surface area contributed by atoms with Crippen LogP contribution in [0.4, 0.5) is 13.2 Å². The van der Waals surface area contributed by atoms with Gasteiger partial charge in [0, 0.05) is 37.6 Å². The molecule has 2 N–H and O–H groups in total. The van der Waals surface area contributed by atoms with Crippen molar-refractivity contribution in [2.24, 2.45) is 4.99 Å². The summed E-state index contributed by atoms with van der Waals surface area (Å²) < 4.78 is 39.4. The highest BCUT2D eigenvalue weighted by Gasteiger charge is 2.33. The lowest BCUT2D eigenvalue weighted by Gasteiger charge is -2.11. The molecular weight excluding hydrogens is 506 g/mol. The Hall–Kier alpha value is -2.22. The Labute approximate surface area is 180 Å². The number of nitrogens with zero attached hydrogens (tertiary/aromatic N) is 5. The minimum absolute atomic E-state index is 0. The van der Waals surface area contributed by atoms with Gasteiger partial charge < -0.3 is 10.6 Å². The van der Waals surface area contributed by atoms with Gasteiger partial charge in [-0.2, -0.15) is 18.3 Å². The number of nitrogens with one attached hydrogen (secondary N) is 2. The highest BCUT2D eigenvalue weighted by molar-refractivity contribution is 14.0. The highest BCUT2D eigenvalue weighted by atomic mass is 127. The summed E-state index contributed by atoms with van der Waals surface area (Å²) in [5.74, 6) is 1.14. The predicted molar refractivity (Wildman–Crippen MR) is 111 cm³/mol. The van der Waals surface area contributed by atoms with Gasteiger partial charge in [0.2, 0.25) is 0 Å². The topological polar surface area (TPSA) is 80.0 Å². The summed E-state index contributed by atoms with van der Waals surface area (Å²) in [5.41, 5.74) is 0.0715. The van der Waals surface area contributed by atoms with E-state index in [0.717, 1.165) is 22.3 Å². The lowest BCUT2D eigenvalue weighted by molar-refractivity contribution is -0.140. The highest BCUT2D eigenvalue weighted by Crippen LogP contribution is 2.29. The van der Waals surface area contributed by atoms with Crippen LogP contribution in [-0.2, 0) is 19.3 Å². The Kier molecular flexibility index (Phi) is 7.74. The molecule has 0 saturated carbocycles. The molecule has 0 aliphatic carbocycles. The third-order valence-corrected chi connectivity index (χ3v) is 4.33. The van der Waals surface area contributed by atoms with Gasteiger partial charge in [-0.05, 0) is 23.8 Å². The zero-order chi connectivity index (χ0) is 19.3. The first kappa shape index (κ1) is 22.1. The first-order valence-electron chi connectivity index (χ1n) is 7.87. The van der Waals surface area contributed by atoms with Crippen molar-refractivity contribution in [3.63, 3.8) is 0 Å². The molecule has 0 spiro atoms. The van der Waals surface area contributed by atoms with Gasteiger partial charge in [-0.3, -0.25) is 4.99 Å². The van der Waals surface area contributed by atoms with Crippen LogP contribution in [0.3, 0.4) is 0 Å². The van der Waals surface area contributed by atoms with Gasteiger partial charge in [0.05, 0.1) is 6.54 Å². The van der Waals surface area contributed by atoms with E-state index >= 15 is 0 Å². The van der Waals surface area contributed by atoms with Crippen molar-refractivity contribution in [2.75, 3.05) is 7.05 Å². The lowest BCUT2D eigenvalue weighted by Crippen LogP contribution is -2.36. The van der Waals surface area contributed by atoms with Crippen molar-refractivity contribution < 1.29 is 13.2 Å². The molecular formula is C16H17F3IN7S. The Morgan fingerprint density at radius 2 is 2.04 bits per heavy atom. The van der Waals surface area contributed by atoms with Crippen molar-refractivity contribution in [1.82, 2.24) is 30.4 Å². The van der Waals surface area contributed by atoms with Crippen LogP contribution in [0, 0.1) is 0 Å². The Morgan fingerprint density at radius 1 is 1.25 bits per heavy atom. The number of pyridine rings is 1. The van der Waals surface area contributed by atoms with Crippen molar-refractivity contribution in [2.45, 2.75) is 19.3 Å². The van der Waals surface area contributed by atoms with Crippen molar-refractivity contribution in [3.8, 4) is 5.82 Å². The van der Waals surface area contributed by atoms with E-state index in [1.165, 1.54) is 0 Å². The maximum Gasteiger partial charge on any atom is 0.434 e. The average molecular weight is 523 g/mol. The largest absolute Gasteiger partial charge is 0.434 e. The molecule has 3 rings (SSSR count). The van der Waals surface area contributed by atoms with Crippen molar-refractivity contribution in [3.05, 3.63) is 58.4 Å². The fourth-order valence-corrected chi connectivity index (χ4v) is 2.93. The molecule has 0 saturated heterocycles. The van der Waals surface area contributed by atoms with Crippen LogP contribution >= 0.6 is 35.3 Å². The molecule has 150 valence electrons. The second-order valence-electron chi connectivity index (χ2n) is 5.38. The molecule has 3 aromatic heterocycles. The van der Waals surface area contributed by atoms with Crippen LogP contribution in [-0.4, -0.2) is 32.8 Å². The number of alkyl halides is 3. The number of guanidine groups is 1. The fourth-order valence-electron chi connectivity index (χ4n) is 2.19. The molecule has 0 aromatic carbocycles. The molecule has 28 heavy (non-hydrogen) atoms. The van der Waals surface area contributed by atoms with Crippen LogP contribution < -0.4 is 10.6 Å². The monoisotopic (exact) mass is 523 g/mol. The molecule has 0 radical (unpaired) electrons. The first-order chi connectivity index (χ1) is 13.0. The van der Waals surface area contributed by atoms with E-state index in [1.54, 1.807) is 36.4 Å². The van der Waals surface area contributed by atoms with E-state index in [2.05, 4.69) is 30.7 Å². The standard InChI is InChI=1S/C16H16F3N7S.HI/c1-20-15(23-9-14-25-12(10-27-14)16(17,18)19)22-8-11-3-5-21-13(7-11)26-6-2-4-24-26;/h2-7,10H,8-9H2,1H3,(H2,20,22,23);1H. The Bertz CT molecular complexity index is 909. The van der Waals surface area contributed by atoms with Crippen molar-refractivity contribution in [1.29, 1.82) is 0 Å². The van der Waals surface area contributed by atoms with Crippen LogP contribution in [0.25, 0.3) is 5.82 Å². The first-order valence-corrected chi connectivity index (χ1v) is 8.75. The third-order valence-electron chi connectivity index (χ3n) is 3.48. The summed E-state index contributed by atoms with van der Waals surface area (Å²) >= 11 is 0.949. The average Bonchev–Trinajstić information content (AvgIpc) is 3.34. The maximum atomic E-state index is 12.6. The van der Waals surface area contributed by atoms with E-state index in [0.29, 0.717) is 23.3 Å². The molecule has 12 heteroatoms. The summed E-state index contributed by atoms with van der Waals surface area (Å²) in [6, 6.07) is 5.54. The van der Waals surface area contributed by atoms with Gasteiger partial charge in [-0.15, -0.1) is 35.3 Å². The Balaban J connectivity index is 0.00000280. The van der Waals surface area contributed by atoms with Crippen molar-refractivity contribution >= 4 is 41.3 Å². The summed E-state index contributed by atoms with van der Waals surface area (Å²) in [4.78, 5) is 11.9. The van der Waals surface area contributed by atoms with E-state index in [1.807, 2.05) is 12.1 Å². The molecule has 0 unspecified atom stereocenters. The zero-order valence-corrected chi connectivity index (χ0v) is 17.8. The summed E-state index contributed by atoms with van der Waals surface area (Å²) in [7, 11) is 1.58. The minimum atomic E-state index is -4.43. The van der Waals surface area contributed by atoms with Crippen LogP contribution in [0.5, 0.6) is 0 Å². The van der Waals surface area contributed by atoms with Crippen LogP contribution in [0.15, 0.2) is 47.2 Å². The van der Waals surface area contributed by atoms with E-state index in [-0.39, 0.29) is 30.5 Å². The van der Waals surface area contributed by atoms with Gasteiger partial charge in [0.1, 0.15) is 5.01 Å². The van der Waals surface area contributed by atoms with Crippen LogP contribution in [0.1, 0.15) is 16.3 Å². The number of hydrogen-bond acceptors (Lipinski definition) is 5. The molecule has 0 atom stereocenters. The number of hydrogen-bond donors (Lipinski definition) is 2. The lowest BCUT2D eigenvalue weighted by atomic mass is 10.2. The second-order valence-corrected chi connectivity index (χ2v) is 6.32. The molecule has 0 aliphatic rings. The Morgan fingerprint density at radius 3 is 2.68 bits per heavy atom. The molecule has 0 aliphatic heterocycles. The molecule has 0 amide bonds. The van der Waals surface area contributed by atoms with E-state index < -0.39 is 11.9 Å². The summed E-state index contributed by atoms with van der Waals surface area (Å²) in [6.45, 7) is 0.609. The van der Waals surface area contributed by atoms with E-state index in [4.69, 9.17) is 0 Å². The summed E-state index contributed by atoms with van der Waals surface area (Å²) in [5, 5.41) is 11.5. The zero-order valence-electron chi connectivity index (χ0n) is 14.6. The normalized spacial score (nSPS) is 11.8. The van der Waals surface area contributed by atoms with Gasteiger partial charge in [-0.25, -0.2) is 14.6 Å². The summed E-state index contributed by atoms with van der Waals surface area (Å²) in [6.07, 6.45) is 0.713. The minimum Gasteiger partial charge on any atom is -0.352 e. The number of halogens is 4. The molecule has 3 aromatic rings.